The van der Waals surface area contributed by atoms with E-state index < -0.39 is 0 Å². The quantitative estimate of drug-likeness (QED) is 0.639. The molecule has 0 spiro atoms. The number of pyridine rings is 1. The molecule has 2 aromatic rings. The molecule has 0 aliphatic heterocycles. The predicted octanol–water partition coefficient (Wildman–Crippen LogP) is 2.62. The van der Waals surface area contributed by atoms with Crippen LogP contribution in [0.3, 0.4) is 0 Å². The molecule has 2 rings (SSSR count). The Balaban J connectivity index is 0.00000144. The molecule has 1 heterocycles. The molecule has 0 saturated heterocycles. The molecule has 0 amide bonds. The average molecular weight is 315 g/mol. The summed E-state index contributed by atoms with van der Waals surface area (Å²) in [5.74, 6) is 0. The average Bonchev–Trinajstić information content (AvgIpc) is 2.31. The van der Waals surface area contributed by atoms with E-state index in [4.69, 9.17) is 4.74 Å². The van der Waals surface area contributed by atoms with Gasteiger partial charge in [-0.15, -0.1) is 0 Å². The van der Waals surface area contributed by atoms with E-state index in [0.29, 0.717) is 6.61 Å². The molecule has 1 aromatic carbocycles. The van der Waals surface area contributed by atoms with Gasteiger partial charge in [0.2, 0.25) is 0 Å². The van der Waals surface area contributed by atoms with Crippen LogP contribution in [0.1, 0.15) is 17.0 Å². The zero-order valence-electron chi connectivity index (χ0n) is 9.64. The Bertz CT molecular complexity index is 445. The number of ether oxygens (including phenoxy) is 1. The molecule has 0 atom stereocenters. The summed E-state index contributed by atoms with van der Waals surface area (Å²) in [6.07, 6.45) is 0.818. The molecule has 0 aliphatic rings. The molecule has 1 aromatic heterocycles. The van der Waals surface area contributed by atoms with Gasteiger partial charge in [-0.05, 0) is 18.6 Å². The van der Waals surface area contributed by atoms with Gasteiger partial charge < -0.3 is 4.74 Å². The predicted molar refractivity (Wildman–Crippen MR) is 63.0 cm³/mol. The van der Waals surface area contributed by atoms with Crippen LogP contribution >= 0.6 is 0 Å². The van der Waals surface area contributed by atoms with E-state index in [1.165, 1.54) is 0 Å². The van der Waals surface area contributed by atoms with Crippen LogP contribution in [0, 0.1) is 6.07 Å². The number of benzene rings is 1. The van der Waals surface area contributed by atoms with Gasteiger partial charge in [-0.2, -0.15) is 35.9 Å². The molecule has 0 fully saturated rings. The van der Waals surface area contributed by atoms with Crippen molar-refractivity contribution in [2.75, 3.05) is 7.11 Å². The van der Waals surface area contributed by atoms with Crippen molar-refractivity contribution in [1.29, 1.82) is 0 Å². The van der Waals surface area contributed by atoms with Crippen LogP contribution in [0.25, 0.3) is 0 Å². The first-order valence-corrected chi connectivity index (χ1v) is 5.28. The Hall–Kier alpha value is -1.05. The molecule has 0 bridgehead atoms. The second kappa shape index (κ2) is 7.31. The summed E-state index contributed by atoms with van der Waals surface area (Å²) in [6, 6.07) is 17.2. The maximum Gasteiger partial charge on any atom is 0.0884 e. The van der Waals surface area contributed by atoms with Crippen molar-refractivity contribution in [1.82, 2.24) is 4.98 Å². The molecular weight excluding hydrogens is 301 g/mol. The fourth-order valence-electron chi connectivity index (χ4n) is 1.59. The number of hydrogen-bond donors (Lipinski definition) is 0. The molecule has 0 N–H and O–H groups in total. The Labute approximate surface area is 115 Å². The summed E-state index contributed by atoms with van der Waals surface area (Å²) >= 11 is 0. The van der Waals surface area contributed by atoms with Crippen molar-refractivity contribution < 1.29 is 24.2 Å². The first kappa shape index (κ1) is 14.0. The molecule has 17 heavy (non-hydrogen) atoms. The van der Waals surface area contributed by atoms with Gasteiger partial charge >= 0.3 is 0 Å². The van der Waals surface area contributed by atoms with E-state index in [9.17, 15) is 0 Å². The van der Waals surface area contributed by atoms with E-state index in [0.717, 1.165) is 23.4 Å². The van der Waals surface area contributed by atoms with Crippen molar-refractivity contribution >= 4 is 0 Å². The summed E-state index contributed by atoms with van der Waals surface area (Å²) in [4.78, 5) is 4.51. The van der Waals surface area contributed by atoms with Gasteiger partial charge in [0.15, 0.2) is 0 Å². The zero-order valence-corrected chi connectivity index (χ0v) is 11.3. The summed E-state index contributed by atoms with van der Waals surface area (Å²) in [5.41, 5.74) is 3.18. The largest absolute Gasteiger partial charge is 0.378 e. The van der Waals surface area contributed by atoms with Crippen molar-refractivity contribution in [3.8, 4) is 0 Å². The number of hydrogen-bond acceptors (Lipinski definition) is 2. The molecule has 0 unspecified atom stereocenters. The third-order valence-electron chi connectivity index (χ3n) is 2.30. The van der Waals surface area contributed by atoms with Gasteiger partial charge in [0.05, 0.1) is 12.3 Å². The Morgan fingerprint density at radius 3 is 2.65 bits per heavy atom. The second-order valence-corrected chi connectivity index (χ2v) is 3.62. The zero-order chi connectivity index (χ0) is 11.2. The first-order chi connectivity index (χ1) is 7.88. The number of methoxy groups -OCH3 is 1. The van der Waals surface area contributed by atoms with Crippen molar-refractivity contribution in [2.45, 2.75) is 13.0 Å². The number of aromatic nitrogens is 1. The van der Waals surface area contributed by atoms with Crippen LogP contribution in [0.2, 0.25) is 0 Å². The van der Waals surface area contributed by atoms with Gasteiger partial charge in [-0.1, -0.05) is 6.07 Å². The molecule has 0 saturated carbocycles. The van der Waals surface area contributed by atoms with Crippen molar-refractivity contribution in [3.63, 3.8) is 0 Å². The Kier molecular flexibility index (Phi) is 6.03. The fraction of sp³-hybridized carbons (Fsp3) is 0.214. The van der Waals surface area contributed by atoms with Crippen LogP contribution in [0.5, 0.6) is 0 Å². The smallest absolute Gasteiger partial charge is 0.0884 e. The normalized spacial score (nSPS) is 9.71. The molecule has 2 nitrogen and oxygen atoms in total. The molecule has 3 heteroatoms. The van der Waals surface area contributed by atoms with E-state index in [1.54, 1.807) is 7.11 Å². The molecule has 0 aliphatic carbocycles. The minimum atomic E-state index is 0. The maximum atomic E-state index is 5.06. The van der Waals surface area contributed by atoms with E-state index >= 15 is 0 Å². The van der Waals surface area contributed by atoms with Crippen LogP contribution in [0.15, 0.2) is 42.5 Å². The fourth-order valence-corrected chi connectivity index (χ4v) is 1.59. The van der Waals surface area contributed by atoms with Crippen LogP contribution < -0.4 is 0 Å². The molecule has 91 valence electrons. The topological polar surface area (TPSA) is 22.1 Å². The van der Waals surface area contributed by atoms with E-state index in [1.807, 2.05) is 36.4 Å². The summed E-state index contributed by atoms with van der Waals surface area (Å²) in [7, 11) is 1.68. The Morgan fingerprint density at radius 1 is 1.12 bits per heavy atom. The molecule has 1 radical (unpaired) electrons. The van der Waals surface area contributed by atoms with E-state index in [2.05, 4.69) is 17.1 Å². The van der Waals surface area contributed by atoms with Gasteiger partial charge in [-0.25, -0.2) is 0 Å². The van der Waals surface area contributed by atoms with Crippen LogP contribution in [-0.4, -0.2) is 12.1 Å². The van der Waals surface area contributed by atoms with Gasteiger partial charge in [0.1, 0.15) is 0 Å². The first-order valence-electron chi connectivity index (χ1n) is 5.28. The minimum Gasteiger partial charge on any atom is -0.378 e. The monoisotopic (exact) mass is 315 g/mol. The van der Waals surface area contributed by atoms with Crippen LogP contribution in [0.4, 0.5) is 0 Å². The third-order valence-corrected chi connectivity index (χ3v) is 2.30. The number of nitrogens with zero attached hydrogens (tertiary/aromatic N) is 1. The third kappa shape index (κ3) is 4.37. The summed E-state index contributed by atoms with van der Waals surface area (Å²) in [6.45, 7) is 0.562. The summed E-state index contributed by atoms with van der Waals surface area (Å²) < 4.78 is 5.06. The van der Waals surface area contributed by atoms with Gasteiger partial charge in [0, 0.05) is 32.3 Å². The van der Waals surface area contributed by atoms with Crippen molar-refractivity contribution in [3.05, 3.63) is 65.5 Å². The molecular formula is C14H14NORh-. The van der Waals surface area contributed by atoms with Gasteiger partial charge in [-0.3, -0.25) is 4.98 Å². The van der Waals surface area contributed by atoms with E-state index in [-0.39, 0.29) is 19.5 Å². The Morgan fingerprint density at radius 2 is 1.94 bits per heavy atom. The summed E-state index contributed by atoms with van der Waals surface area (Å²) in [5, 5.41) is 0. The minimum absolute atomic E-state index is 0. The standard InChI is InChI=1S/C14H14NO.Rh/c1-16-11-14-9-5-8-13(15-14)10-12-6-3-2-4-7-12;/h2-6,8-9H,10-11H2,1H3;/q-1;. The SMILES string of the molecule is COCc1cccc(Cc2[c-]cccc2)n1.[Rh]. The second-order valence-electron chi connectivity index (χ2n) is 3.62. The van der Waals surface area contributed by atoms with Crippen molar-refractivity contribution in [2.24, 2.45) is 0 Å². The maximum absolute atomic E-state index is 5.06. The van der Waals surface area contributed by atoms with Gasteiger partial charge in [0.25, 0.3) is 0 Å². The van der Waals surface area contributed by atoms with Crippen LogP contribution in [-0.2, 0) is 37.2 Å². The number of rotatable bonds is 4.